The van der Waals surface area contributed by atoms with E-state index in [0.29, 0.717) is 6.42 Å². The summed E-state index contributed by atoms with van der Waals surface area (Å²) in [4.78, 5) is 11.2. The predicted octanol–water partition coefficient (Wildman–Crippen LogP) is 3.04. The molecule has 1 rings (SSSR count). The molecule has 0 spiro atoms. The van der Waals surface area contributed by atoms with Crippen LogP contribution in [0.1, 0.15) is 31.9 Å². The van der Waals surface area contributed by atoms with Gasteiger partial charge in [0.25, 0.3) is 0 Å². The number of hydrogen-bond donors (Lipinski definition) is 1. The van der Waals surface area contributed by atoms with Gasteiger partial charge in [0.15, 0.2) is 0 Å². The SMILES string of the molecule is CCC(=O)N[C@@H](C)c1cccc(Br)c1. The number of carbonyl (C=O) groups excluding carboxylic acids is 1. The van der Waals surface area contributed by atoms with Crippen LogP contribution in [-0.4, -0.2) is 5.91 Å². The van der Waals surface area contributed by atoms with Gasteiger partial charge in [0, 0.05) is 10.9 Å². The highest BCUT2D eigenvalue weighted by Crippen LogP contribution is 2.17. The van der Waals surface area contributed by atoms with E-state index in [0.717, 1.165) is 10.0 Å². The first kappa shape index (κ1) is 11.2. The summed E-state index contributed by atoms with van der Waals surface area (Å²) in [5.41, 5.74) is 1.11. The van der Waals surface area contributed by atoms with Gasteiger partial charge in [-0.1, -0.05) is 35.0 Å². The number of halogens is 1. The molecule has 0 bridgehead atoms. The molecule has 1 amide bonds. The minimum atomic E-state index is 0.0694. The first-order valence-corrected chi connectivity index (χ1v) is 5.47. The maximum absolute atomic E-state index is 11.2. The average molecular weight is 256 g/mol. The van der Waals surface area contributed by atoms with E-state index in [-0.39, 0.29) is 11.9 Å². The molecular formula is C11H14BrNO. The first-order chi connectivity index (χ1) is 6.63. The third-order valence-corrected chi connectivity index (χ3v) is 2.54. The Labute approximate surface area is 92.8 Å². The maximum Gasteiger partial charge on any atom is 0.220 e. The van der Waals surface area contributed by atoms with E-state index >= 15 is 0 Å². The molecule has 0 unspecified atom stereocenters. The summed E-state index contributed by atoms with van der Waals surface area (Å²) in [5.74, 6) is 0.0810. The van der Waals surface area contributed by atoms with Crippen LogP contribution in [0.2, 0.25) is 0 Å². The van der Waals surface area contributed by atoms with Crippen LogP contribution >= 0.6 is 15.9 Å². The van der Waals surface area contributed by atoms with Gasteiger partial charge in [0.2, 0.25) is 5.91 Å². The highest BCUT2D eigenvalue weighted by molar-refractivity contribution is 9.10. The van der Waals surface area contributed by atoms with Crippen LogP contribution in [0.5, 0.6) is 0 Å². The minimum absolute atomic E-state index is 0.0694. The van der Waals surface area contributed by atoms with Crippen LogP contribution in [0.4, 0.5) is 0 Å². The van der Waals surface area contributed by atoms with Gasteiger partial charge in [0.1, 0.15) is 0 Å². The Bertz CT molecular complexity index is 325. The zero-order valence-corrected chi connectivity index (χ0v) is 9.97. The van der Waals surface area contributed by atoms with Crippen molar-refractivity contribution >= 4 is 21.8 Å². The van der Waals surface area contributed by atoms with E-state index in [2.05, 4.69) is 21.2 Å². The molecule has 0 fully saturated rings. The van der Waals surface area contributed by atoms with Crippen LogP contribution in [0.15, 0.2) is 28.7 Å². The number of benzene rings is 1. The molecule has 0 aliphatic rings. The van der Waals surface area contributed by atoms with Crippen molar-refractivity contribution in [2.24, 2.45) is 0 Å². The second-order valence-electron chi connectivity index (χ2n) is 3.20. The topological polar surface area (TPSA) is 29.1 Å². The Balaban J connectivity index is 2.69. The number of hydrogen-bond acceptors (Lipinski definition) is 1. The van der Waals surface area contributed by atoms with Gasteiger partial charge >= 0.3 is 0 Å². The Kier molecular flexibility index (Phi) is 4.14. The van der Waals surface area contributed by atoms with Gasteiger partial charge in [-0.15, -0.1) is 0 Å². The fourth-order valence-electron chi connectivity index (χ4n) is 1.20. The van der Waals surface area contributed by atoms with Crippen molar-refractivity contribution in [2.75, 3.05) is 0 Å². The number of rotatable bonds is 3. The van der Waals surface area contributed by atoms with Gasteiger partial charge in [0.05, 0.1) is 6.04 Å². The highest BCUT2D eigenvalue weighted by atomic mass is 79.9. The highest BCUT2D eigenvalue weighted by Gasteiger charge is 2.07. The van der Waals surface area contributed by atoms with Gasteiger partial charge in [-0.25, -0.2) is 0 Å². The standard InChI is InChI=1S/C11H14BrNO/c1-3-11(14)13-8(2)9-5-4-6-10(12)7-9/h4-8H,3H2,1-2H3,(H,13,14)/t8-/m0/s1. The van der Waals surface area contributed by atoms with Crippen molar-refractivity contribution in [3.63, 3.8) is 0 Å². The van der Waals surface area contributed by atoms with E-state index in [1.807, 2.05) is 38.1 Å². The molecule has 0 radical (unpaired) electrons. The summed E-state index contributed by atoms with van der Waals surface area (Å²) in [6.07, 6.45) is 0.526. The largest absolute Gasteiger partial charge is 0.350 e. The molecule has 14 heavy (non-hydrogen) atoms. The maximum atomic E-state index is 11.2. The Morgan fingerprint density at radius 3 is 2.86 bits per heavy atom. The van der Waals surface area contributed by atoms with Gasteiger partial charge in [-0.3, -0.25) is 4.79 Å². The minimum Gasteiger partial charge on any atom is -0.350 e. The molecule has 1 aromatic carbocycles. The van der Waals surface area contributed by atoms with Crippen LogP contribution < -0.4 is 5.32 Å². The molecule has 0 saturated heterocycles. The summed E-state index contributed by atoms with van der Waals surface area (Å²) in [7, 11) is 0. The van der Waals surface area contributed by atoms with Crippen LogP contribution in [0.25, 0.3) is 0 Å². The monoisotopic (exact) mass is 255 g/mol. The van der Waals surface area contributed by atoms with Crippen LogP contribution in [0.3, 0.4) is 0 Å². The van der Waals surface area contributed by atoms with E-state index in [1.54, 1.807) is 0 Å². The Hall–Kier alpha value is -0.830. The van der Waals surface area contributed by atoms with Crippen LogP contribution in [-0.2, 0) is 4.79 Å². The summed E-state index contributed by atoms with van der Waals surface area (Å²) >= 11 is 3.40. The second-order valence-corrected chi connectivity index (χ2v) is 4.11. The Morgan fingerprint density at radius 1 is 1.57 bits per heavy atom. The fourth-order valence-corrected chi connectivity index (χ4v) is 1.62. The molecular weight excluding hydrogens is 242 g/mol. The van der Waals surface area contributed by atoms with Crippen LogP contribution in [0, 0.1) is 0 Å². The quantitative estimate of drug-likeness (QED) is 0.884. The molecule has 1 aromatic rings. The van der Waals surface area contributed by atoms with Gasteiger partial charge in [-0.05, 0) is 24.6 Å². The van der Waals surface area contributed by atoms with Crippen molar-refractivity contribution in [2.45, 2.75) is 26.3 Å². The lowest BCUT2D eigenvalue weighted by Gasteiger charge is -2.13. The zero-order chi connectivity index (χ0) is 10.6. The summed E-state index contributed by atoms with van der Waals surface area (Å²) < 4.78 is 1.03. The molecule has 0 aliphatic heterocycles. The molecule has 0 heterocycles. The van der Waals surface area contributed by atoms with Crippen molar-refractivity contribution in [3.8, 4) is 0 Å². The van der Waals surface area contributed by atoms with E-state index in [9.17, 15) is 4.79 Å². The summed E-state index contributed by atoms with van der Waals surface area (Å²) in [6, 6.07) is 8.03. The first-order valence-electron chi connectivity index (χ1n) is 4.68. The second kappa shape index (κ2) is 5.15. The zero-order valence-electron chi connectivity index (χ0n) is 8.38. The van der Waals surface area contributed by atoms with Crippen molar-refractivity contribution < 1.29 is 4.79 Å². The lowest BCUT2D eigenvalue weighted by atomic mass is 10.1. The molecule has 0 aromatic heterocycles. The summed E-state index contributed by atoms with van der Waals surface area (Å²) in [6.45, 7) is 3.83. The van der Waals surface area contributed by atoms with Crippen molar-refractivity contribution in [1.82, 2.24) is 5.32 Å². The van der Waals surface area contributed by atoms with E-state index in [1.165, 1.54) is 0 Å². The number of amides is 1. The smallest absolute Gasteiger partial charge is 0.220 e. The third kappa shape index (κ3) is 3.14. The Morgan fingerprint density at radius 2 is 2.29 bits per heavy atom. The van der Waals surface area contributed by atoms with Crippen molar-refractivity contribution in [3.05, 3.63) is 34.3 Å². The lowest BCUT2D eigenvalue weighted by Crippen LogP contribution is -2.25. The molecule has 1 N–H and O–H groups in total. The molecule has 1 atom stereocenters. The third-order valence-electron chi connectivity index (χ3n) is 2.05. The predicted molar refractivity (Wildman–Crippen MR) is 61.0 cm³/mol. The fraction of sp³-hybridized carbons (Fsp3) is 0.364. The molecule has 3 heteroatoms. The molecule has 2 nitrogen and oxygen atoms in total. The normalized spacial score (nSPS) is 12.2. The summed E-state index contributed by atoms with van der Waals surface area (Å²) in [5, 5.41) is 2.91. The van der Waals surface area contributed by atoms with Crippen molar-refractivity contribution in [1.29, 1.82) is 0 Å². The van der Waals surface area contributed by atoms with Gasteiger partial charge < -0.3 is 5.32 Å². The number of nitrogens with one attached hydrogen (secondary N) is 1. The number of carbonyl (C=O) groups is 1. The molecule has 0 saturated carbocycles. The van der Waals surface area contributed by atoms with E-state index < -0.39 is 0 Å². The lowest BCUT2D eigenvalue weighted by molar-refractivity contribution is -0.121. The van der Waals surface area contributed by atoms with E-state index in [4.69, 9.17) is 0 Å². The molecule has 76 valence electrons. The van der Waals surface area contributed by atoms with Gasteiger partial charge in [-0.2, -0.15) is 0 Å². The average Bonchev–Trinajstić information content (AvgIpc) is 2.17. The molecule has 0 aliphatic carbocycles.